The summed E-state index contributed by atoms with van der Waals surface area (Å²) in [7, 11) is 1.76. The Bertz CT molecular complexity index is 1370. The molecule has 2 saturated heterocycles. The summed E-state index contributed by atoms with van der Waals surface area (Å²) in [5.41, 5.74) is 2.06. The van der Waals surface area contributed by atoms with Gasteiger partial charge in [-0.3, -0.25) is 14.5 Å². The van der Waals surface area contributed by atoms with Crippen LogP contribution in [0.15, 0.2) is 53.1 Å². The van der Waals surface area contributed by atoms with Crippen LogP contribution in [0.2, 0.25) is 10.0 Å². The van der Waals surface area contributed by atoms with Gasteiger partial charge in [-0.2, -0.15) is 0 Å². The molecule has 3 aromatic rings. The van der Waals surface area contributed by atoms with Gasteiger partial charge in [0, 0.05) is 49.1 Å². The van der Waals surface area contributed by atoms with Crippen LogP contribution in [0.1, 0.15) is 37.6 Å². The number of hydrogen-bond donors (Lipinski definition) is 0. The van der Waals surface area contributed by atoms with Gasteiger partial charge in [-0.1, -0.05) is 56.5 Å². The van der Waals surface area contributed by atoms with Crippen molar-refractivity contribution in [2.24, 2.45) is 5.92 Å². The zero-order valence-electron chi connectivity index (χ0n) is 21.4. The van der Waals surface area contributed by atoms with Crippen molar-refractivity contribution in [3.63, 3.8) is 0 Å². The van der Waals surface area contributed by atoms with Crippen LogP contribution in [0.4, 0.5) is 0 Å². The Morgan fingerprint density at radius 2 is 1.82 bits per heavy atom. The second-order valence-electron chi connectivity index (χ2n) is 10.3. The van der Waals surface area contributed by atoms with E-state index in [2.05, 4.69) is 45.0 Å². The van der Waals surface area contributed by atoms with E-state index in [1.165, 1.54) is 0 Å². The van der Waals surface area contributed by atoms with E-state index in [-0.39, 0.29) is 24.3 Å². The van der Waals surface area contributed by atoms with Gasteiger partial charge in [-0.25, -0.2) is 4.68 Å². The standard InChI is InChI=1S/C27H29BrCl2N6O2/c1-27(2,23-16-36(32-31-23)22-8-7-18(28)14-21(22)30)35-11-9-34(10-12-35)26(38)20-15-24(37)33(3)25(20)17-5-4-6-19(29)13-17/h4-8,13-14,16,20,25H,9-12,15H2,1-3H3. The summed E-state index contributed by atoms with van der Waals surface area (Å²) in [6, 6.07) is 12.7. The van der Waals surface area contributed by atoms with Crippen LogP contribution in [0.25, 0.3) is 5.69 Å². The van der Waals surface area contributed by atoms with Crippen LogP contribution in [0, 0.1) is 5.92 Å². The molecule has 11 heteroatoms. The molecule has 2 aliphatic rings. The zero-order valence-corrected chi connectivity index (χ0v) is 24.5. The lowest BCUT2D eigenvalue weighted by molar-refractivity contribution is -0.139. The molecule has 2 fully saturated rings. The molecule has 8 nitrogen and oxygen atoms in total. The van der Waals surface area contributed by atoms with E-state index in [0.717, 1.165) is 21.4 Å². The molecule has 2 unspecified atom stereocenters. The van der Waals surface area contributed by atoms with E-state index in [1.807, 2.05) is 47.5 Å². The van der Waals surface area contributed by atoms with Crippen molar-refractivity contribution < 1.29 is 9.59 Å². The molecule has 0 aliphatic carbocycles. The van der Waals surface area contributed by atoms with E-state index in [4.69, 9.17) is 23.2 Å². The monoisotopic (exact) mass is 618 g/mol. The molecule has 5 rings (SSSR count). The summed E-state index contributed by atoms with van der Waals surface area (Å²) >= 11 is 16.1. The number of halogens is 3. The van der Waals surface area contributed by atoms with Gasteiger partial charge in [0.2, 0.25) is 11.8 Å². The molecule has 3 heterocycles. The van der Waals surface area contributed by atoms with Gasteiger partial charge >= 0.3 is 0 Å². The first-order chi connectivity index (χ1) is 18.1. The van der Waals surface area contributed by atoms with E-state index >= 15 is 0 Å². The summed E-state index contributed by atoms with van der Waals surface area (Å²) in [6.45, 7) is 6.74. The molecule has 0 bridgehead atoms. The summed E-state index contributed by atoms with van der Waals surface area (Å²) in [5.74, 6) is -0.441. The topological polar surface area (TPSA) is 74.6 Å². The van der Waals surface area contributed by atoms with Crippen LogP contribution in [-0.2, 0) is 15.1 Å². The lowest BCUT2D eigenvalue weighted by Gasteiger charge is -2.43. The van der Waals surface area contributed by atoms with Crippen molar-refractivity contribution in [1.29, 1.82) is 0 Å². The average molecular weight is 620 g/mol. The maximum Gasteiger partial charge on any atom is 0.228 e. The fourth-order valence-corrected chi connectivity index (χ4v) is 6.41. The second kappa shape index (κ2) is 10.6. The van der Waals surface area contributed by atoms with E-state index < -0.39 is 11.5 Å². The minimum absolute atomic E-state index is 0.0148. The van der Waals surface area contributed by atoms with Crippen molar-refractivity contribution in [2.45, 2.75) is 31.8 Å². The number of benzene rings is 2. The van der Waals surface area contributed by atoms with Crippen LogP contribution in [0.3, 0.4) is 0 Å². The number of carbonyl (C=O) groups excluding carboxylic acids is 2. The van der Waals surface area contributed by atoms with Gasteiger partial charge < -0.3 is 9.80 Å². The Morgan fingerprint density at radius 3 is 2.50 bits per heavy atom. The fourth-order valence-electron chi connectivity index (χ4n) is 5.45. The maximum absolute atomic E-state index is 13.7. The average Bonchev–Trinajstić information content (AvgIpc) is 3.49. The number of rotatable bonds is 5. The van der Waals surface area contributed by atoms with Gasteiger partial charge in [0.1, 0.15) is 5.69 Å². The first-order valence-electron chi connectivity index (χ1n) is 12.5. The molecule has 0 radical (unpaired) electrons. The minimum Gasteiger partial charge on any atom is -0.340 e. The molecule has 0 saturated carbocycles. The SMILES string of the molecule is CN1C(=O)CC(C(=O)N2CCN(C(C)(C)c3cn(-c4ccc(Br)cc4Cl)nn3)CC2)C1c1cccc(Cl)c1. The first-order valence-corrected chi connectivity index (χ1v) is 14.0. The predicted molar refractivity (Wildman–Crippen MR) is 150 cm³/mol. The third-order valence-corrected chi connectivity index (χ3v) is 8.78. The summed E-state index contributed by atoms with van der Waals surface area (Å²) in [5, 5.41) is 9.95. The summed E-state index contributed by atoms with van der Waals surface area (Å²) < 4.78 is 2.58. The lowest BCUT2D eigenvalue weighted by atomic mass is 9.92. The van der Waals surface area contributed by atoms with E-state index in [0.29, 0.717) is 36.2 Å². The normalized spacial score (nSPS) is 20.8. The largest absolute Gasteiger partial charge is 0.340 e. The van der Waals surface area contributed by atoms with Gasteiger partial charge in [0.15, 0.2) is 0 Å². The number of aromatic nitrogens is 3. The molecule has 38 heavy (non-hydrogen) atoms. The highest BCUT2D eigenvalue weighted by atomic mass is 79.9. The molecule has 0 spiro atoms. The number of likely N-dealkylation sites (tertiary alicyclic amines) is 1. The number of nitrogens with zero attached hydrogens (tertiary/aromatic N) is 6. The van der Waals surface area contributed by atoms with Crippen LogP contribution in [0.5, 0.6) is 0 Å². The molecule has 2 aromatic carbocycles. The molecule has 1 aromatic heterocycles. The van der Waals surface area contributed by atoms with Crippen LogP contribution < -0.4 is 0 Å². The zero-order chi connectivity index (χ0) is 27.2. The molecule has 2 aliphatic heterocycles. The molecule has 200 valence electrons. The second-order valence-corrected chi connectivity index (χ2v) is 12.1. The fraction of sp³-hybridized carbons (Fsp3) is 0.407. The highest BCUT2D eigenvalue weighted by Gasteiger charge is 2.45. The van der Waals surface area contributed by atoms with Gasteiger partial charge in [0.25, 0.3) is 0 Å². The number of hydrogen-bond acceptors (Lipinski definition) is 5. The molecular weight excluding hydrogens is 591 g/mol. The first kappa shape index (κ1) is 27.1. The third-order valence-electron chi connectivity index (χ3n) is 7.75. The number of amides is 2. The quantitative estimate of drug-likeness (QED) is 0.405. The van der Waals surface area contributed by atoms with Gasteiger partial charge in [-0.15, -0.1) is 5.10 Å². The number of piperazine rings is 1. The Kier molecular flexibility index (Phi) is 7.57. The highest BCUT2D eigenvalue weighted by molar-refractivity contribution is 9.10. The number of carbonyl (C=O) groups is 2. The Hall–Kier alpha value is -2.46. The third kappa shape index (κ3) is 5.09. The van der Waals surface area contributed by atoms with Crippen molar-refractivity contribution in [2.75, 3.05) is 33.2 Å². The van der Waals surface area contributed by atoms with Gasteiger partial charge in [0.05, 0.1) is 34.4 Å². The van der Waals surface area contributed by atoms with Crippen molar-refractivity contribution in [3.05, 3.63) is 74.4 Å². The molecule has 0 N–H and O–H groups in total. The Labute approximate surface area is 240 Å². The van der Waals surface area contributed by atoms with Crippen molar-refractivity contribution in [1.82, 2.24) is 29.7 Å². The summed E-state index contributed by atoms with van der Waals surface area (Å²) in [6.07, 6.45) is 2.11. The lowest BCUT2D eigenvalue weighted by Crippen LogP contribution is -2.55. The Morgan fingerprint density at radius 1 is 1.08 bits per heavy atom. The van der Waals surface area contributed by atoms with E-state index in [9.17, 15) is 9.59 Å². The Balaban J connectivity index is 1.28. The molecule has 2 amide bonds. The predicted octanol–water partition coefficient (Wildman–Crippen LogP) is 4.94. The molecular formula is C27H29BrCl2N6O2. The highest BCUT2D eigenvalue weighted by Crippen LogP contribution is 2.39. The van der Waals surface area contributed by atoms with Crippen molar-refractivity contribution in [3.8, 4) is 5.69 Å². The molecule has 2 atom stereocenters. The van der Waals surface area contributed by atoms with Gasteiger partial charge in [-0.05, 0) is 49.7 Å². The summed E-state index contributed by atoms with van der Waals surface area (Å²) in [4.78, 5) is 32.1. The van der Waals surface area contributed by atoms with E-state index in [1.54, 1.807) is 22.7 Å². The van der Waals surface area contributed by atoms with Crippen LogP contribution >= 0.6 is 39.1 Å². The maximum atomic E-state index is 13.7. The van der Waals surface area contributed by atoms with Crippen LogP contribution in [-0.4, -0.2) is 74.7 Å². The minimum atomic E-state index is -0.430. The van der Waals surface area contributed by atoms with Crippen molar-refractivity contribution >= 4 is 50.9 Å². The smallest absolute Gasteiger partial charge is 0.228 e.